The van der Waals surface area contributed by atoms with Crippen LogP contribution in [0.2, 0.25) is 0 Å². The Bertz CT molecular complexity index is 3000. The largest absolute Gasteiger partial charge is 0.478 e. The number of ketones is 2. The summed E-state index contributed by atoms with van der Waals surface area (Å²) in [6.45, 7) is 4.34. The molecular formula is C42H32BrN7O7. The molecule has 0 aliphatic rings. The summed E-state index contributed by atoms with van der Waals surface area (Å²) in [5, 5.41) is 18.9. The fourth-order valence-electron chi connectivity index (χ4n) is 6.47. The number of carbonyl (C=O) groups is 4. The van der Waals surface area contributed by atoms with Gasteiger partial charge in [-0.1, -0.05) is 31.2 Å². The molecule has 0 atom stereocenters. The van der Waals surface area contributed by atoms with Crippen molar-refractivity contribution in [2.75, 3.05) is 5.73 Å². The van der Waals surface area contributed by atoms with Gasteiger partial charge in [-0.15, -0.1) is 0 Å². The van der Waals surface area contributed by atoms with Crippen LogP contribution >= 0.6 is 15.9 Å². The number of benzene rings is 3. The van der Waals surface area contributed by atoms with Crippen LogP contribution in [0.3, 0.4) is 0 Å². The number of carbonyl (C=O) groups excluding carboxylic acids is 2. The van der Waals surface area contributed by atoms with E-state index in [0.29, 0.717) is 50.2 Å². The first-order valence-electron chi connectivity index (χ1n) is 17.5. The monoisotopic (exact) mass is 825 g/mol. The number of hydrogen-bond donors (Lipinski definition) is 3. The van der Waals surface area contributed by atoms with Gasteiger partial charge in [0.05, 0.1) is 38.8 Å². The number of carboxylic acids is 2. The molecule has 0 aliphatic carbocycles. The van der Waals surface area contributed by atoms with E-state index in [1.807, 2.05) is 31.2 Å². The van der Waals surface area contributed by atoms with Crippen molar-refractivity contribution >= 4 is 67.1 Å². The Morgan fingerprint density at radius 2 is 1.37 bits per heavy atom. The Balaban J connectivity index is 0.000000194. The Kier molecular flexibility index (Phi) is 10.3. The summed E-state index contributed by atoms with van der Waals surface area (Å²) < 4.78 is 5.49. The average molecular weight is 827 g/mol. The van der Waals surface area contributed by atoms with Crippen molar-refractivity contribution in [2.24, 2.45) is 0 Å². The standard InChI is InChI=1S/C27H22N4O4.C15H10BrN3O3/c1-3-12-30-16(2)28-21-11-10-18(15-20(21)26(30)33)24(32)25-29-23(22-9-4-5-13-31(22)25)17-7-6-8-19(14-17)27(34)35;16-13-11-3-1-2-6-19(11)14(18-13)12(20)8-4-5-10(17)9(7-8)15(21)22/h4-11,13-15H,3,12H2,1-2H3,(H,34,35);1-7H,17H2,(H,21,22). The number of rotatable bonds is 9. The first kappa shape index (κ1) is 38.0. The Labute approximate surface area is 331 Å². The van der Waals surface area contributed by atoms with Crippen LogP contribution in [0, 0.1) is 6.92 Å². The second kappa shape index (κ2) is 15.5. The van der Waals surface area contributed by atoms with E-state index in [2.05, 4.69) is 30.9 Å². The van der Waals surface area contributed by atoms with Gasteiger partial charge in [0.15, 0.2) is 11.6 Å². The molecular weight excluding hydrogens is 794 g/mol. The van der Waals surface area contributed by atoms with Crippen LogP contribution < -0.4 is 11.3 Å². The maximum absolute atomic E-state index is 13.6. The van der Waals surface area contributed by atoms with E-state index in [-0.39, 0.29) is 51.2 Å². The van der Waals surface area contributed by atoms with Crippen molar-refractivity contribution in [3.05, 3.63) is 164 Å². The predicted molar refractivity (Wildman–Crippen MR) is 216 cm³/mol. The molecule has 0 bridgehead atoms. The molecule has 14 nitrogen and oxygen atoms in total. The van der Waals surface area contributed by atoms with E-state index >= 15 is 0 Å². The van der Waals surface area contributed by atoms with Crippen LogP contribution in [0.15, 0.2) is 119 Å². The zero-order valence-electron chi connectivity index (χ0n) is 30.4. The second-order valence-corrected chi connectivity index (χ2v) is 13.7. The second-order valence-electron chi connectivity index (χ2n) is 12.9. The van der Waals surface area contributed by atoms with Gasteiger partial charge in [0.1, 0.15) is 10.4 Å². The van der Waals surface area contributed by atoms with Crippen molar-refractivity contribution < 1.29 is 29.4 Å². The van der Waals surface area contributed by atoms with E-state index in [1.54, 1.807) is 75.2 Å². The lowest BCUT2D eigenvalue weighted by molar-refractivity contribution is 0.0686. The summed E-state index contributed by atoms with van der Waals surface area (Å²) in [5.74, 6) is -1.95. The molecule has 4 N–H and O–H groups in total. The highest BCUT2D eigenvalue weighted by Crippen LogP contribution is 2.28. The number of aromatic nitrogens is 6. The molecule has 0 spiro atoms. The lowest BCUT2D eigenvalue weighted by Crippen LogP contribution is -2.24. The zero-order valence-corrected chi connectivity index (χ0v) is 32.0. The fourth-order valence-corrected chi connectivity index (χ4v) is 6.96. The number of hydrogen-bond acceptors (Lipinski definition) is 9. The van der Waals surface area contributed by atoms with Crippen molar-refractivity contribution in [2.45, 2.75) is 26.8 Å². The van der Waals surface area contributed by atoms with E-state index < -0.39 is 11.9 Å². The number of pyridine rings is 2. The summed E-state index contributed by atoms with van der Waals surface area (Å²) in [7, 11) is 0. The molecule has 8 aromatic rings. The van der Waals surface area contributed by atoms with E-state index in [9.17, 15) is 29.1 Å². The number of imidazole rings is 2. The lowest BCUT2D eigenvalue weighted by Gasteiger charge is -2.10. The van der Waals surface area contributed by atoms with Crippen molar-refractivity contribution in [1.82, 2.24) is 28.3 Å². The van der Waals surface area contributed by atoms with Gasteiger partial charge in [0.25, 0.3) is 5.56 Å². The van der Waals surface area contributed by atoms with Crippen LogP contribution in [0.1, 0.15) is 72.2 Å². The summed E-state index contributed by atoms with van der Waals surface area (Å²) >= 11 is 3.31. The average Bonchev–Trinajstić information content (AvgIpc) is 3.77. The first-order valence-corrected chi connectivity index (χ1v) is 18.3. The lowest BCUT2D eigenvalue weighted by atomic mass is 10.1. The van der Waals surface area contributed by atoms with Gasteiger partial charge in [-0.3, -0.25) is 27.8 Å². The number of carboxylic acid groups (broad SMARTS) is 2. The quantitative estimate of drug-likeness (QED) is 0.100. The highest BCUT2D eigenvalue weighted by molar-refractivity contribution is 9.10. The molecule has 0 radical (unpaired) electrons. The number of halogens is 1. The fraction of sp³-hybridized carbons (Fsp3) is 0.0952. The number of nitrogens with zero attached hydrogens (tertiary/aromatic N) is 6. The van der Waals surface area contributed by atoms with Crippen molar-refractivity contribution in [3.63, 3.8) is 0 Å². The summed E-state index contributed by atoms with van der Waals surface area (Å²) in [5.41, 5.74) is 9.15. The molecule has 0 saturated carbocycles. The zero-order chi connectivity index (χ0) is 40.5. The summed E-state index contributed by atoms with van der Waals surface area (Å²) in [6.07, 6.45) is 4.24. The Morgan fingerprint density at radius 1 is 0.719 bits per heavy atom. The van der Waals surface area contributed by atoms with Crippen LogP contribution in [0.25, 0.3) is 33.2 Å². The number of anilines is 1. The molecule has 5 aromatic heterocycles. The SMILES string of the molecule is CCCn1c(C)nc2ccc(C(=O)c3nc(-c4cccc(C(=O)O)c4)c4ccccn34)cc2c1=O.Nc1ccc(C(=O)c2nc(Br)c3ccccn23)cc1C(=O)O. The van der Waals surface area contributed by atoms with E-state index in [0.717, 1.165) is 11.9 Å². The highest BCUT2D eigenvalue weighted by Gasteiger charge is 2.22. The molecule has 15 heteroatoms. The third-order valence-electron chi connectivity index (χ3n) is 9.24. The Morgan fingerprint density at radius 3 is 2.05 bits per heavy atom. The van der Waals surface area contributed by atoms with Gasteiger partial charge < -0.3 is 15.9 Å². The molecule has 57 heavy (non-hydrogen) atoms. The van der Waals surface area contributed by atoms with E-state index in [4.69, 9.17) is 10.8 Å². The molecule has 5 heterocycles. The van der Waals surface area contributed by atoms with Crippen molar-refractivity contribution in [3.8, 4) is 11.3 Å². The minimum Gasteiger partial charge on any atom is -0.478 e. The summed E-state index contributed by atoms with van der Waals surface area (Å²) in [6, 6.07) is 26.4. The molecule has 8 rings (SSSR count). The normalized spacial score (nSPS) is 11.1. The van der Waals surface area contributed by atoms with Crippen LogP contribution in [-0.2, 0) is 6.54 Å². The van der Waals surface area contributed by atoms with Crippen molar-refractivity contribution in [1.29, 1.82) is 0 Å². The smallest absolute Gasteiger partial charge is 0.337 e. The van der Waals surface area contributed by atoms with Gasteiger partial charge in [0.2, 0.25) is 11.6 Å². The van der Waals surface area contributed by atoms with Crippen LogP contribution in [0.4, 0.5) is 5.69 Å². The Hall–Kier alpha value is -7.26. The minimum absolute atomic E-state index is 0.106. The number of aryl methyl sites for hydroxylation is 1. The topological polar surface area (TPSA) is 204 Å². The van der Waals surface area contributed by atoms with Gasteiger partial charge >= 0.3 is 11.9 Å². The molecule has 0 fully saturated rings. The molecule has 0 unspecified atom stereocenters. The van der Waals surface area contributed by atoms with Crippen LogP contribution in [-0.4, -0.2) is 62.0 Å². The highest BCUT2D eigenvalue weighted by atomic mass is 79.9. The third kappa shape index (κ3) is 7.18. The number of nitrogen functional groups attached to an aromatic ring is 1. The number of fused-ring (bicyclic) bond motifs is 3. The maximum Gasteiger partial charge on any atom is 0.337 e. The molecule has 0 aliphatic heterocycles. The van der Waals surface area contributed by atoms with E-state index in [1.165, 1.54) is 30.3 Å². The first-order chi connectivity index (χ1) is 27.4. The summed E-state index contributed by atoms with van der Waals surface area (Å²) in [4.78, 5) is 75.3. The van der Waals surface area contributed by atoms with Gasteiger partial charge in [-0.2, -0.15) is 0 Å². The predicted octanol–water partition coefficient (Wildman–Crippen LogP) is 6.97. The molecule has 284 valence electrons. The molecule has 0 saturated heterocycles. The minimum atomic E-state index is -1.18. The maximum atomic E-state index is 13.6. The van der Waals surface area contributed by atoms with Crippen LogP contribution in [0.5, 0.6) is 0 Å². The number of nitrogens with two attached hydrogens (primary N) is 1. The molecule has 3 aromatic carbocycles. The van der Waals surface area contributed by atoms with Gasteiger partial charge in [-0.25, -0.2) is 24.5 Å². The number of aromatic carboxylic acids is 2. The van der Waals surface area contributed by atoms with Gasteiger partial charge in [-0.05, 0) is 102 Å². The molecule has 0 amide bonds. The van der Waals surface area contributed by atoms with Gasteiger partial charge in [0, 0.05) is 41.3 Å². The third-order valence-corrected chi connectivity index (χ3v) is 9.82.